The van der Waals surface area contributed by atoms with Gasteiger partial charge in [-0.1, -0.05) is 41.4 Å². The lowest BCUT2D eigenvalue weighted by Crippen LogP contribution is -2.16. The summed E-state index contributed by atoms with van der Waals surface area (Å²) in [5, 5.41) is 3.06. The number of rotatable bonds is 6. The zero-order valence-corrected chi connectivity index (χ0v) is 17.5. The first-order valence-corrected chi connectivity index (χ1v) is 10.6. The molecule has 0 unspecified atom stereocenters. The summed E-state index contributed by atoms with van der Waals surface area (Å²) in [5.41, 5.74) is 0.832. The molecule has 0 heterocycles. The Kier molecular flexibility index (Phi) is 6.32. The fourth-order valence-electron chi connectivity index (χ4n) is 2.54. The second-order valence-electron chi connectivity index (χ2n) is 5.92. The standard InChI is InChI=1S/C20H16Cl2N2O4S/c1-28-18-10-8-14(21)12-17(18)23-20(25)13-7-9-16(22)19(11-13)29(26,27)24-15-5-3-2-4-6-15/h2-12,24H,1H3,(H,23,25). The van der Waals surface area contributed by atoms with Crippen LogP contribution in [0, 0.1) is 0 Å². The van der Waals surface area contributed by atoms with Crippen LogP contribution in [0.5, 0.6) is 5.75 Å². The van der Waals surface area contributed by atoms with Crippen LogP contribution in [0.2, 0.25) is 10.0 Å². The molecule has 0 radical (unpaired) electrons. The second kappa shape index (κ2) is 8.73. The van der Waals surface area contributed by atoms with Gasteiger partial charge in [-0.3, -0.25) is 9.52 Å². The van der Waals surface area contributed by atoms with E-state index in [1.54, 1.807) is 42.5 Å². The summed E-state index contributed by atoms with van der Waals surface area (Å²) in [4.78, 5) is 12.5. The van der Waals surface area contributed by atoms with E-state index in [0.717, 1.165) is 0 Å². The Bertz CT molecular complexity index is 1150. The van der Waals surface area contributed by atoms with Crippen LogP contribution in [-0.2, 0) is 10.0 Å². The van der Waals surface area contributed by atoms with Crippen molar-refractivity contribution in [3.05, 3.63) is 82.3 Å². The number of hydrogen-bond donors (Lipinski definition) is 2. The van der Waals surface area contributed by atoms with E-state index in [1.807, 2.05) is 0 Å². The largest absolute Gasteiger partial charge is 0.495 e. The van der Waals surface area contributed by atoms with Crippen molar-refractivity contribution in [1.82, 2.24) is 0 Å². The molecule has 0 saturated heterocycles. The molecule has 29 heavy (non-hydrogen) atoms. The summed E-state index contributed by atoms with van der Waals surface area (Å²) in [6, 6.07) is 17.1. The van der Waals surface area contributed by atoms with Crippen LogP contribution >= 0.6 is 23.2 Å². The lowest BCUT2D eigenvalue weighted by molar-refractivity contribution is 0.102. The molecule has 0 saturated carbocycles. The summed E-state index contributed by atoms with van der Waals surface area (Å²) in [5.74, 6) is -0.131. The number of carbonyl (C=O) groups is 1. The van der Waals surface area contributed by atoms with E-state index in [9.17, 15) is 13.2 Å². The molecule has 6 nitrogen and oxygen atoms in total. The average molecular weight is 451 g/mol. The van der Waals surface area contributed by atoms with Crippen molar-refractivity contribution < 1.29 is 17.9 Å². The molecule has 0 aliphatic heterocycles. The summed E-state index contributed by atoms with van der Waals surface area (Å²) < 4.78 is 33.1. The Labute approximate surface area is 178 Å². The number of hydrogen-bond acceptors (Lipinski definition) is 4. The van der Waals surface area contributed by atoms with Gasteiger partial charge in [-0.25, -0.2) is 8.42 Å². The molecule has 0 aliphatic rings. The van der Waals surface area contributed by atoms with Crippen molar-refractivity contribution in [2.75, 3.05) is 17.1 Å². The fourth-order valence-corrected chi connectivity index (χ4v) is 4.30. The van der Waals surface area contributed by atoms with Crippen LogP contribution < -0.4 is 14.8 Å². The number of nitrogens with one attached hydrogen (secondary N) is 2. The van der Waals surface area contributed by atoms with Crippen molar-refractivity contribution in [3.8, 4) is 5.75 Å². The summed E-state index contributed by atoms with van der Waals surface area (Å²) in [7, 11) is -2.54. The molecule has 0 atom stereocenters. The number of amides is 1. The van der Waals surface area contributed by atoms with E-state index in [1.165, 1.54) is 31.4 Å². The second-order valence-corrected chi connectivity index (χ2v) is 8.41. The highest BCUT2D eigenvalue weighted by molar-refractivity contribution is 7.92. The molecule has 0 fully saturated rings. The van der Waals surface area contributed by atoms with Gasteiger partial charge in [-0.15, -0.1) is 0 Å². The maximum absolute atomic E-state index is 12.7. The first-order valence-electron chi connectivity index (χ1n) is 8.32. The maximum atomic E-state index is 12.7. The van der Waals surface area contributed by atoms with E-state index >= 15 is 0 Å². The van der Waals surface area contributed by atoms with Gasteiger partial charge in [-0.05, 0) is 48.5 Å². The van der Waals surface area contributed by atoms with E-state index < -0.39 is 15.9 Å². The van der Waals surface area contributed by atoms with Gasteiger partial charge in [-0.2, -0.15) is 0 Å². The van der Waals surface area contributed by atoms with Gasteiger partial charge in [0.25, 0.3) is 15.9 Å². The molecule has 150 valence electrons. The molecular formula is C20H16Cl2N2O4S. The third-order valence-corrected chi connectivity index (χ3v) is 6.02. The lowest BCUT2D eigenvalue weighted by Gasteiger charge is -2.13. The Morgan fingerprint density at radius 3 is 2.38 bits per heavy atom. The molecule has 3 aromatic rings. The quantitative estimate of drug-likeness (QED) is 0.549. The number of anilines is 2. The monoisotopic (exact) mass is 450 g/mol. The lowest BCUT2D eigenvalue weighted by atomic mass is 10.2. The Hall–Kier alpha value is -2.74. The summed E-state index contributed by atoms with van der Waals surface area (Å²) in [6.45, 7) is 0. The average Bonchev–Trinajstić information content (AvgIpc) is 2.68. The van der Waals surface area contributed by atoms with Gasteiger partial charge < -0.3 is 10.1 Å². The highest BCUT2D eigenvalue weighted by Crippen LogP contribution is 2.29. The predicted molar refractivity (Wildman–Crippen MR) is 115 cm³/mol. The van der Waals surface area contributed by atoms with Gasteiger partial charge in [0, 0.05) is 16.3 Å². The molecule has 9 heteroatoms. The van der Waals surface area contributed by atoms with Gasteiger partial charge in [0.15, 0.2) is 0 Å². The highest BCUT2D eigenvalue weighted by Gasteiger charge is 2.21. The van der Waals surface area contributed by atoms with E-state index in [2.05, 4.69) is 10.0 Å². The number of carbonyl (C=O) groups excluding carboxylic acids is 1. The molecule has 2 N–H and O–H groups in total. The van der Waals surface area contributed by atoms with Crippen LogP contribution in [0.1, 0.15) is 10.4 Å². The third-order valence-electron chi connectivity index (χ3n) is 3.92. The van der Waals surface area contributed by atoms with Crippen LogP contribution in [0.4, 0.5) is 11.4 Å². The summed E-state index contributed by atoms with van der Waals surface area (Å²) in [6.07, 6.45) is 0. The number of sulfonamides is 1. The van der Waals surface area contributed by atoms with Crippen molar-refractivity contribution in [2.24, 2.45) is 0 Å². The molecule has 0 aliphatic carbocycles. The SMILES string of the molecule is COc1ccc(Cl)cc1NC(=O)c1ccc(Cl)c(S(=O)(=O)Nc2ccccc2)c1. The Morgan fingerprint density at radius 2 is 1.69 bits per heavy atom. The number of methoxy groups -OCH3 is 1. The fraction of sp³-hybridized carbons (Fsp3) is 0.0500. The zero-order valence-electron chi connectivity index (χ0n) is 15.1. The topological polar surface area (TPSA) is 84.5 Å². The van der Waals surface area contributed by atoms with E-state index in [4.69, 9.17) is 27.9 Å². The van der Waals surface area contributed by atoms with Crippen molar-refractivity contribution >= 4 is 50.5 Å². The first kappa shape index (κ1) is 21.0. The smallest absolute Gasteiger partial charge is 0.263 e. The Morgan fingerprint density at radius 1 is 0.966 bits per heavy atom. The van der Waals surface area contributed by atoms with Crippen LogP contribution in [0.15, 0.2) is 71.6 Å². The molecule has 3 rings (SSSR count). The molecule has 0 bridgehead atoms. The molecule has 3 aromatic carbocycles. The molecule has 1 amide bonds. The number of halogens is 2. The zero-order chi connectivity index (χ0) is 21.0. The van der Waals surface area contributed by atoms with Crippen LogP contribution in [0.25, 0.3) is 0 Å². The molecule has 0 spiro atoms. The van der Waals surface area contributed by atoms with Crippen molar-refractivity contribution in [1.29, 1.82) is 0 Å². The number of ether oxygens (including phenoxy) is 1. The normalized spacial score (nSPS) is 11.0. The summed E-state index contributed by atoms with van der Waals surface area (Å²) >= 11 is 12.1. The molecular weight excluding hydrogens is 435 g/mol. The number of para-hydroxylation sites is 1. The van der Waals surface area contributed by atoms with Gasteiger partial charge in [0.2, 0.25) is 0 Å². The Balaban J connectivity index is 1.91. The van der Waals surface area contributed by atoms with Crippen molar-refractivity contribution in [2.45, 2.75) is 4.90 Å². The van der Waals surface area contributed by atoms with E-state index in [0.29, 0.717) is 22.1 Å². The highest BCUT2D eigenvalue weighted by atomic mass is 35.5. The van der Waals surface area contributed by atoms with E-state index in [-0.39, 0.29) is 15.5 Å². The third kappa shape index (κ3) is 5.00. The predicted octanol–water partition coefficient (Wildman–Crippen LogP) is 5.06. The first-order chi connectivity index (χ1) is 13.8. The van der Waals surface area contributed by atoms with Crippen molar-refractivity contribution in [3.63, 3.8) is 0 Å². The minimum absolute atomic E-state index is 0.00897. The maximum Gasteiger partial charge on any atom is 0.263 e. The van der Waals surface area contributed by atoms with Gasteiger partial charge in [0.1, 0.15) is 10.6 Å². The molecule has 0 aromatic heterocycles. The minimum Gasteiger partial charge on any atom is -0.495 e. The van der Waals surface area contributed by atoms with Crippen LogP contribution in [-0.4, -0.2) is 21.4 Å². The van der Waals surface area contributed by atoms with Gasteiger partial charge in [0.05, 0.1) is 17.8 Å². The minimum atomic E-state index is -4.00. The van der Waals surface area contributed by atoms with Gasteiger partial charge >= 0.3 is 0 Å². The number of benzene rings is 3. The van der Waals surface area contributed by atoms with Crippen LogP contribution in [0.3, 0.4) is 0 Å².